The molecule has 1 aromatic carbocycles. The molecule has 0 amide bonds. The molecule has 2 rings (SSSR count). The Bertz CT molecular complexity index is 879. The van der Waals surface area contributed by atoms with Crippen molar-refractivity contribution in [3.05, 3.63) is 57.6 Å². The van der Waals surface area contributed by atoms with E-state index in [9.17, 15) is 14.7 Å². The summed E-state index contributed by atoms with van der Waals surface area (Å²) in [5.41, 5.74) is -0.552. The van der Waals surface area contributed by atoms with Crippen LogP contribution in [0.4, 0.5) is 0 Å². The lowest BCUT2D eigenvalue weighted by Gasteiger charge is -2.12. The Morgan fingerprint density at radius 1 is 1.19 bits per heavy atom. The molecule has 0 spiro atoms. The molecule has 6 heteroatoms. The fraction of sp³-hybridized carbons (Fsp3) is 0.333. The van der Waals surface area contributed by atoms with Crippen molar-refractivity contribution in [1.29, 1.82) is 0 Å². The number of allylic oxidation sites excluding steroid dienone is 1. The van der Waals surface area contributed by atoms with Crippen molar-refractivity contribution >= 4 is 11.9 Å². The van der Waals surface area contributed by atoms with Crippen LogP contribution in [0, 0.1) is 6.92 Å². The fourth-order valence-corrected chi connectivity index (χ4v) is 2.42. The number of carbonyl (C=O) groups excluding carboxylic acids is 1. The van der Waals surface area contributed by atoms with E-state index in [0.717, 1.165) is 12.8 Å². The third kappa shape index (κ3) is 5.48. The van der Waals surface area contributed by atoms with E-state index in [1.165, 1.54) is 19.1 Å². The fourth-order valence-electron chi connectivity index (χ4n) is 2.42. The van der Waals surface area contributed by atoms with Crippen LogP contribution in [0.2, 0.25) is 0 Å². The van der Waals surface area contributed by atoms with Crippen molar-refractivity contribution in [2.45, 2.75) is 33.6 Å². The molecule has 1 N–H and O–H groups in total. The summed E-state index contributed by atoms with van der Waals surface area (Å²) in [6.45, 7) is 6.57. The Morgan fingerprint density at radius 2 is 1.96 bits per heavy atom. The number of aromatic hydroxyl groups is 1. The second kappa shape index (κ2) is 9.62. The number of ketones is 1. The van der Waals surface area contributed by atoms with Crippen LogP contribution in [0.1, 0.15) is 48.4 Å². The van der Waals surface area contributed by atoms with Crippen molar-refractivity contribution in [1.82, 2.24) is 0 Å². The number of rotatable bonds is 9. The molecular formula is C21H24O6. The number of hydrogen-bond donors (Lipinski definition) is 1. The molecule has 27 heavy (non-hydrogen) atoms. The highest BCUT2D eigenvalue weighted by Gasteiger charge is 2.16. The molecule has 2 aromatic rings. The van der Waals surface area contributed by atoms with Crippen LogP contribution in [-0.4, -0.2) is 24.1 Å². The van der Waals surface area contributed by atoms with Crippen molar-refractivity contribution in [2.75, 3.05) is 13.2 Å². The van der Waals surface area contributed by atoms with Crippen LogP contribution < -0.4 is 15.1 Å². The van der Waals surface area contributed by atoms with E-state index >= 15 is 0 Å². The van der Waals surface area contributed by atoms with Crippen LogP contribution in [0.5, 0.6) is 17.2 Å². The summed E-state index contributed by atoms with van der Waals surface area (Å²) >= 11 is 0. The van der Waals surface area contributed by atoms with Gasteiger partial charge in [0.15, 0.2) is 17.3 Å². The Hall–Kier alpha value is -3.02. The SMILES string of the molecule is CCCCOc1ccc(/C=C/C(=O)c2c(O)cc(C)oc2=O)cc1OCC. The van der Waals surface area contributed by atoms with Crippen LogP contribution in [0.3, 0.4) is 0 Å². The summed E-state index contributed by atoms with van der Waals surface area (Å²) in [7, 11) is 0. The molecule has 0 fully saturated rings. The van der Waals surface area contributed by atoms with Crippen molar-refractivity contribution in [3.8, 4) is 17.2 Å². The summed E-state index contributed by atoms with van der Waals surface area (Å²) in [5.74, 6) is 0.431. The lowest BCUT2D eigenvalue weighted by molar-refractivity contribution is 0.104. The van der Waals surface area contributed by atoms with Crippen LogP contribution in [0.15, 0.2) is 39.6 Å². The highest BCUT2D eigenvalue weighted by molar-refractivity contribution is 6.08. The zero-order chi connectivity index (χ0) is 19.8. The van der Waals surface area contributed by atoms with Crippen molar-refractivity contribution in [2.24, 2.45) is 0 Å². The highest BCUT2D eigenvalue weighted by Crippen LogP contribution is 2.29. The van der Waals surface area contributed by atoms with Crippen LogP contribution in [-0.2, 0) is 0 Å². The van der Waals surface area contributed by atoms with Gasteiger partial charge in [-0.1, -0.05) is 25.5 Å². The third-order valence-corrected chi connectivity index (χ3v) is 3.75. The van der Waals surface area contributed by atoms with E-state index in [1.54, 1.807) is 24.3 Å². The van der Waals surface area contributed by atoms with Crippen LogP contribution >= 0.6 is 0 Å². The van der Waals surface area contributed by atoms with Gasteiger partial charge in [-0.15, -0.1) is 0 Å². The van der Waals surface area contributed by atoms with Crippen molar-refractivity contribution in [3.63, 3.8) is 0 Å². The minimum atomic E-state index is -0.864. The molecule has 0 aliphatic heterocycles. The molecule has 0 radical (unpaired) electrons. The van der Waals surface area contributed by atoms with Crippen molar-refractivity contribution < 1.29 is 23.8 Å². The van der Waals surface area contributed by atoms with Gasteiger partial charge in [-0.3, -0.25) is 4.79 Å². The predicted octanol–water partition coefficient (Wildman–Crippen LogP) is 4.13. The van der Waals surface area contributed by atoms with E-state index in [0.29, 0.717) is 30.3 Å². The normalized spacial score (nSPS) is 10.9. The average Bonchev–Trinajstić information content (AvgIpc) is 2.61. The molecule has 0 atom stereocenters. The number of unbranched alkanes of at least 4 members (excludes halogenated alkanes) is 1. The lowest BCUT2D eigenvalue weighted by Crippen LogP contribution is -2.12. The predicted molar refractivity (Wildman–Crippen MR) is 103 cm³/mol. The van der Waals surface area contributed by atoms with E-state index in [2.05, 4.69) is 6.92 Å². The van der Waals surface area contributed by atoms with E-state index in [-0.39, 0.29) is 11.3 Å². The van der Waals surface area contributed by atoms with E-state index < -0.39 is 17.2 Å². The maximum atomic E-state index is 12.3. The molecule has 0 unspecified atom stereocenters. The molecule has 0 saturated carbocycles. The minimum absolute atomic E-state index is 0.234. The average molecular weight is 372 g/mol. The van der Waals surface area contributed by atoms with E-state index in [1.807, 2.05) is 6.92 Å². The Labute approximate surface area is 158 Å². The first-order valence-electron chi connectivity index (χ1n) is 8.92. The zero-order valence-corrected chi connectivity index (χ0v) is 15.8. The van der Waals surface area contributed by atoms with Gasteiger partial charge in [0.25, 0.3) is 0 Å². The molecule has 1 aromatic heterocycles. The second-order valence-corrected chi connectivity index (χ2v) is 5.94. The van der Waals surface area contributed by atoms with Crippen LogP contribution in [0.25, 0.3) is 6.08 Å². The summed E-state index contributed by atoms with van der Waals surface area (Å²) in [6.07, 6.45) is 4.74. The monoisotopic (exact) mass is 372 g/mol. The Kier molecular flexibility index (Phi) is 7.23. The smallest absolute Gasteiger partial charge is 0.351 e. The van der Waals surface area contributed by atoms with E-state index in [4.69, 9.17) is 13.9 Å². The number of ether oxygens (including phenoxy) is 2. The molecule has 0 saturated heterocycles. The number of benzene rings is 1. The van der Waals surface area contributed by atoms with Gasteiger partial charge >= 0.3 is 5.63 Å². The quantitative estimate of drug-likeness (QED) is 0.405. The first-order chi connectivity index (χ1) is 13.0. The maximum absolute atomic E-state index is 12.3. The van der Waals surface area contributed by atoms with Gasteiger partial charge < -0.3 is 19.0 Å². The molecular weight excluding hydrogens is 348 g/mol. The molecule has 0 aliphatic carbocycles. The molecule has 0 bridgehead atoms. The highest BCUT2D eigenvalue weighted by atomic mass is 16.5. The topological polar surface area (TPSA) is 86.0 Å². The Balaban J connectivity index is 2.22. The zero-order valence-electron chi connectivity index (χ0n) is 15.8. The summed E-state index contributed by atoms with van der Waals surface area (Å²) in [6, 6.07) is 6.55. The van der Waals surface area contributed by atoms with Gasteiger partial charge in [-0.2, -0.15) is 0 Å². The molecule has 1 heterocycles. The molecule has 144 valence electrons. The summed E-state index contributed by atoms with van der Waals surface area (Å²) in [5, 5.41) is 9.84. The maximum Gasteiger partial charge on any atom is 0.351 e. The number of hydrogen-bond acceptors (Lipinski definition) is 6. The first kappa shape index (κ1) is 20.3. The Morgan fingerprint density at radius 3 is 2.63 bits per heavy atom. The lowest BCUT2D eigenvalue weighted by atomic mass is 10.1. The second-order valence-electron chi connectivity index (χ2n) is 5.94. The molecule has 0 aliphatic rings. The largest absolute Gasteiger partial charge is 0.507 e. The summed E-state index contributed by atoms with van der Waals surface area (Å²) in [4.78, 5) is 24.1. The standard InChI is InChI=1S/C21H24O6/c1-4-6-11-26-18-10-8-15(13-19(18)25-5-2)7-9-16(22)20-17(23)12-14(3)27-21(20)24/h7-10,12-13,23H,4-6,11H2,1-3H3/b9-7+. The van der Waals surface area contributed by atoms with Gasteiger partial charge in [-0.05, 0) is 44.0 Å². The van der Waals surface area contributed by atoms with Gasteiger partial charge in [0.05, 0.1) is 13.2 Å². The van der Waals surface area contributed by atoms with Gasteiger partial charge in [0.2, 0.25) is 0 Å². The number of aryl methyl sites for hydroxylation is 1. The van der Waals surface area contributed by atoms with Gasteiger partial charge in [-0.25, -0.2) is 4.79 Å². The number of carbonyl (C=O) groups is 1. The minimum Gasteiger partial charge on any atom is -0.507 e. The first-order valence-corrected chi connectivity index (χ1v) is 8.92. The third-order valence-electron chi connectivity index (χ3n) is 3.75. The molecule has 6 nitrogen and oxygen atoms in total. The van der Waals surface area contributed by atoms with Gasteiger partial charge in [0, 0.05) is 6.07 Å². The van der Waals surface area contributed by atoms with Gasteiger partial charge in [0.1, 0.15) is 17.1 Å². The summed E-state index contributed by atoms with van der Waals surface area (Å²) < 4.78 is 16.2.